The molecule has 1 aliphatic heterocycles. The topological polar surface area (TPSA) is 41.1 Å². The van der Waals surface area contributed by atoms with E-state index in [0.29, 0.717) is 17.2 Å². The molecule has 0 aromatic heterocycles. The molecule has 1 amide bonds. The van der Waals surface area contributed by atoms with Gasteiger partial charge in [-0.05, 0) is 38.6 Å². The highest BCUT2D eigenvalue weighted by atomic mass is 16.1. The summed E-state index contributed by atoms with van der Waals surface area (Å²) in [6.07, 6.45) is 9.62. The van der Waals surface area contributed by atoms with Gasteiger partial charge in [0.05, 0.1) is 0 Å². The summed E-state index contributed by atoms with van der Waals surface area (Å²) in [5.41, 5.74) is 0.321. The van der Waals surface area contributed by atoms with Gasteiger partial charge in [0, 0.05) is 24.4 Å². The van der Waals surface area contributed by atoms with Gasteiger partial charge in [-0.15, -0.1) is 0 Å². The maximum Gasteiger partial charge on any atom is 0.223 e. The Morgan fingerprint density at radius 1 is 1.33 bits per heavy atom. The van der Waals surface area contributed by atoms with Gasteiger partial charge >= 0.3 is 0 Å². The second-order valence-corrected chi connectivity index (χ2v) is 6.23. The van der Waals surface area contributed by atoms with E-state index < -0.39 is 0 Å². The number of carbonyl (C=O) groups excluding carboxylic acids is 1. The van der Waals surface area contributed by atoms with Gasteiger partial charge in [0.1, 0.15) is 0 Å². The van der Waals surface area contributed by atoms with Crippen LogP contribution in [0.4, 0.5) is 0 Å². The number of piperidine rings is 1. The third-order valence-electron chi connectivity index (χ3n) is 4.70. The summed E-state index contributed by atoms with van der Waals surface area (Å²) in [5, 5.41) is 6.74. The van der Waals surface area contributed by atoms with Crippen LogP contribution in [-0.2, 0) is 4.79 Å². The highest BCUT2D eigenvalue weighted by Gasteiger charge is 2.32. The molecule has 0 bridgehead atoms. The Morgan fingerprint density at radius 3 is 2.72 bits per heavy atom. The van der Waals surface area contributed by atoms with Gasteiger partial charge < -0.3 is 10.6 Å². The van der Waals surface area contributed by atoms with E-state index in [0.717, 1.165) is 32.5 Å². The molecule has 3 nitrogen and oxygen atoms in total. The third-order valence-corrected chi connectivity index (χ3v) is 4.70. The summed E-state index contributed by atoms with van der Waals surface area (Å²) in [5.74, 6) is 0.619. The van der Waals surface area contributed by atoms with Crippen LogP contribution in [0.1, 0.15) is 58.3 Å². The molecule has 18 heavy (non-hydrogen) atoms. The standard InChI is InChI=1S/C15H28N2O/c1-2-8-15(9-5-10-16-11-15)12-17-14(18)13-6-3-4-7-13/h13,16H,2-12H2,1H3,(H,17,18). The molecule has 2 N–H and O–H groups in total. The van der Waals surface area contributed by atoms with Gasteiger partial charge in [0.15, 0.2) is 0 Å². The van der Waals surface area contributed by atoms with E-state index in [2.05, 4.69) is 17.6 Å². The van der Waals surface area contributed by atoms with E-state index in [1.165, 1.54) is 38.5 Å². The summed E-state index contributed by atoms with van der Waals surface area (Å²) in [4.78, 5) is 12.1. The molecule has 1 saturated heterocycles. The van der Waals surface area contributed by atoms with Gasteiger partial charge in [-0.3, -0.25) is 4.79 Å². The van der Waals surface area contributed by atoms with Crippen molar-refractivity contribution < 1.29 is 4.79 Å². The smallest absolute Gasteiger partial charge is 0.223 e. The average molecular weight is 252 g/mol. The normalized spacial score (nSPS) is 29.4. The Hall–Kier alpha value is -0.570. The van der Waals surface area contributed by atoms with Gasteiger partial charge in [0.25, 0.3) is 0 Å². The van der Waals surface area contributed by atoms with E-state index in [4.69, 9.17) is 0 Å². The van der Waals surface area contributed by atoms with Crippen LogP contribution in [0.2, 0.25) is 0 Å². The lowest BCUT2D eigenvalue weighted by Crippen LogP contribution is -2.48. The van der Waals surface area contributed by atoms with E-state index in [1.54, 1.807) is 0 Å². The molecule has 1 heterocycles. The van der Waals surface area contributed by atoms with Crippen molar-refractivity contribution in [3.63, 3.8) is 0 Å². The lowest BCUT2D eigenvalue weighted by molar-refractivity contribution is -0.125. The molecule has 1 aliphatic carbocycles. The highest BCUT2D eigenvalue weighted by Crippen LogP contribution is 2.31. The molecule has 1 unspecified atom stereocenters. The van der Waals surface area contributed by atoms with Crippen molar-refractivity contribution in [2.45, 2.75) is 58.3 Å². The van der Waals surface area contributed by atoms with Crippen molar-refractivity contribution in [2.24, 2.45) is 11.3 Å². The Kier molecular flexibility index (Phi) is 5.04. The number of amides is 1. The fourth-order valence-corrected chi connectivity index (χ4v) is 3.62. The maximum absolute atomic E-state index is 12.1. The zero-order valence-corrected chi connectivity index (χ0v) is 11.8. The van der Waals surface area contributed by atoms with Crippen LogP contribution in [0.5, 0.6) is 0 Å². The predicted molar refractivity (Wildman–Crippen MR) is 74.4 cm³/mol. The first-order valence-electron chi connectivity index (χ1n) is 7.74. The third kappa shape index (κ3) is 3.47. The van der Waals surface area contributed by atoms with Crippen molar-refractivity contribution in [1.82, 2.24) is 10.6 Å². The minimum Gasteiger partial charge on any atom is -0.355 e. The Bertz CT molecular complexity index is 260. The maximum atomic E-state index is 12.1. The van der Waals surface area contributed by atoms with Gasteiger partial charge in [0.2, 0.25) is 5.91 Å². The second kappa shape index (κ2) is 6.55. The Morgan fingerprint density at radius 2 is 2.11 bits per heavy atom. The van der Waals surface area contributed by atoms with Gasteiger partial charge in [-0.25, -0.2) is 0 Å². The van der Waals surface area contributed by atoms with E-state index in [9.17, 15) is 4.79 Å². The van der Waals surface area contributed by atoms with Crippen LogP contribution in [0.15, 0.2) is 0 Å². The monoisotopic (exact) mass is 252 g/mol. The lowest BCUT2D eigenvalue weighted by Gasteiger charge is -2.38. The second-order valence-electron chi connectivity index (χ2n) is 6.23. The van der Waals surface area contributed by atoms with Crippen molar-refractivity contribution >= 4 is 5.91 Å². The number of hydrogen-bond acceptors (Lipinski definition) is 2. The van der Waals surface area contributed by atoms with Crippen LogP contribution < -0.4 is 10.6 Å². The molecular formula is C15H28N2O. The molecular weight excluding hydrogens is 224 g/mol. The summed E-state index contributed by atoms with van der Waals surface area (Å²) < 4.78 is 0. The number of hydrogen-bond donors (Lipinski definition) is 2. The van der Waals surface area contributed by atoms with E-state index in [1.807, 2.05) is 0 Å². The SMILES string of the molecule is CCCC1(CNC(=O)C2CCCC2)CCCNC1. The average Bonchev–Trinajstić information content (AvgIpc) is 2.91. The van der Waals surface area contributed by atoms with Crippen LogP contribution in [0, 0.1) is 11.3 Å². The fraction of sp³-hybridized carbons (Fsp3) is 0.933. The Balaban J connectivity index is 1.82. The molecule has 2 aliphatic rings. The minimum atomic E-state index is 0.306. The van der Waals surface area contributed by atoms with E-state index >= 15 is 0 Å². The van der Waals surface area contributed by atoms with Crippen molar-refractivity contribution in [3.8, 4) is 0 Å². The van der Waals surface area contributed by atoms with E-state index in [-0.39, 0.29) is 0 Å². The van der Waals surface area contributed by atoms with Crippen LogP contribution in [-0.4, -0.2) is 25.5 Å². The zero-order valence-electron chi connectivity index (χ0n) is 11.8. The fourth-order valence-electron chi connectivity index (χ4n) is 3.62. The molecule has 0 spiro atoms. The van der Waals surface area contributed by atoms with Crippen LogP contribution >= 0.6 is 0 Å². The first-order chi connectivity index (χ1) is 8.76. The molecule has 1 saturated carbocycles. The van der Waals surface area contributed by atoms with Crippen LogP contribution in [0.3, 0.4) is 0 Å². The molecule has 1 atom stereocenters. The molecule has 3 heteroatoms. The predicted octanol–water partition coefficient (Wildman–Crippen LogP) is 2.46. The minimum absolute atomic E-state index is 0.306. The molecule has 2 rings (SSSR count). The number of rotatable bonds is 5. The van der Waals surface area contributed by atoms with Gasteiger partial charge in [-0.1, -0.05) is 26.2 Å². The number of carbonyl (C=O) groups is 1. The van der Waals surface area contributed by atoms with Crippen molar-refractivity contribution in [1.29, 1.82) is 0 Å². The van der Waals surface area contributed by atoms with Crippen molar-refractivity contribution in [3.05, 3.63) is 0 Å². The first kappa shape index (κ1) is 13.9. The quantitative estimate of drug-likeness (QED) is 0.789. The molecule has 104 valence electrons. The van der Waals surface area contributed by atoms with Gasteiger partial charge in [-0.2, -0.15) is 0 Å². The Labute approximate surface area is 111 Å². The summed E-state index contributed by atoms with van der Waals surface area (Å²) in [6, 6.07) is 0. The lowest BCUT2D eigenvalue weighted by atomic mass is 9.77. The molecule has 0 aromatic carbocycles. The summed E-state index contributed by atoms with van der Waals surface area (Å²) in [7, 11) is 0. The highest BCUT2D eigenvalue weighted by molar-refractivity contribution is 5.78. The molecule has 2 fully saturated rings. The largest absolute Gasteiger partial charge is 0.355 e. The zero-order chi connectivity index (χ0) is 12.8. The first-order valence-corrected chi connectivity index (χ1v) is 7.74. The van der Waals surface area contributed by atoms with Crippen molar-refractivity contribution in [2.75, 3.05) is 19.6 Å². The summed E-state index contributed by atoms with van der Waals surface area (Å²) in [6.45, 7) is 5.34. The molecule has 0 aromatic rings. The van der Waals surface area contributed by atoms with Crippen LogP contribution in [0.25, 0.3) is 0 Å². The molecule has 0 radical (unpaired) electrons. The number of nitrogens with one attached hydrogen (secondary N) is 2. The summed E-state index contributed by atoms with van der Waals surface area (Å²) >= 11 is 0.